The molecule has 188 valence electrons. The standard InChI is InChI=1S/C24H30Cl2N6O2S/c1-16-13-20(25)30-22(26)21(16)23(33)28-8-3-17(2)31-10-4-19(5-11-31)32(24(34)29-9-7-27)14-18-6-12-35-15-18/h6,12-13,15,17,19H,3-5,8-11,14H2,1-2H3,(H,28,33)(H,29,34)/t17-/m1/s1. The van der Waals surface area contributed by atoms with Crippen LogP contribution in [0.1, 0.15) is 47.7 Å². The van der Waals surface area contributed by atoms with Gasteiger partial charge in [0.15, 0.2) is 0 Å². The van der Waals surface area contributed by atoms with E-state index < -0.39 is 0 Å². The fourth-order valence-corrected chi connectivity index (χ4v) is 5.61. The number of nitriles is 1. The average molecular weight is 538 g/mol. The van der Waals surface area contributed by atoms with Crippen LogP contribution >= 0.6 is 34.5 Å². The highest BCUT2D eigenvalue weighted by Crippen LogP contribution is 2.23. The molecule has 3 heterocycles. The molecule has 0 radical (unpaired) electrons. The van der Waals surface area contributed by atoms with Gasteiger partial charge >= 0.3 is 6.03 Å². The van der Waals surface area contributed by atoms with Crippen LogP contribution in [0, 0.1) is 18.3 Å². The molecule has 1 aliphatic heterocycles. The van der Waals surface area contributed by atoms with Gasteiger partial charge in [-0.3, -0.25) is 4.79 Å². The molecule has 0 aliphatic carbocycles. The number of rotatable bonds is 9. The molecule has 0 spiro atoms. The highest BCUT2D eigenvalue weighted by Gasteiger charge is 2.29. The van der Waals surface area contributed by atoms with Crippen LogP contribution in [0.25, 0.3) is 0 Å². The number of aryl methyl sites for hydroxylation is 1. The Balaban J connectivity index is 1.49. The smallest absolute Gasteiger partial charge is 0.318 e. The summed E-state index contributed by atoms with van der Waals surface area (Å²) in [5, 5.41) is 18.9. The number of nitrogens with zero attached hydrogens (tertiary/aromatic N) is 4. The lowest BCUT2D eigenvalue weighted by Crippen LogP contribution is -2.51. The van der Waals surface area contributed by atoms with Gasteiger partial charge in [0.25, 0.3) is 5.91 Å². The van der Waals surface area contributed by atoms with E-state index in [0.29, 0.717) is 24.2 Å². The van der Waals surface area contributed by atoms with Gasteiger partial charge in [0.05, 0.1) is 11.6 Å². The number of aromatic nitrogens is 1. The quantitative estimate of drug-likeness (QED) is 0.363. The molecule has 0 bridgehead atoms. The van der Waals surface area contributed by atoms with E-state index in [1.165, 1.54) is 0 Å². The van der Waals surface area contributed by atoms with Gasteiger partial charge in [0, 0.05) is 38.3 Å². The van der Waals surface area contributed by atoms with Gasteiger partial charge in [-0.15, -0.1) is 0 Å². The maximum absolute atomic E-state index is 12.7. The normalized spacial score (nSPS) is 15.3. The van der Waals surface area contributed by atoms with E-state index in [1.807, 2.05) is 27.8 Å². The largest absolute Gasteiger partial charge is 0.352 e. The van der Waals surface area contributed by atoms with E-state index in [4.69, 9.17) is 28.5 Å². The number of nitrogens with one attached hydrogen (secondary N) is 2. The van der Waals surface area contributed by atoms with Crippen molar-refractivity contribution in [2.45, 2.75) is 51.7 Å². The summed E-state index contributed by atoms with van der Waals surface area (Å²) in [7, 11) is 0. The van der Waals surface area contributed by atoms with Crippen LogP contribution in [0.3, 0.4) is 0 Å². The number of amides is 3. The van der Waals surface area contributed by atoms with Crippen LogP contribution in [0.15, 0.2) is 22.9 Å². The monoisotopic (exact) mass is 536 g/mol. The molecule has 8 nitrogen and oxygen atoms in total. The van der Waals surface area contributed by atoms with Crippen molar-refractivity contribution in [3.05, 3.63) is 49.9 Å². The first-order valence-corrected chi connectivity index (χ1v) is 13.3. The summed E-state index contributed by atoms with van der Waals surface area (Å²) in [5.74, 6) is -0.255. The third kappa shape index (κ3) is 7.55. The Kier molecular flexibility index (Phi) is 10.2. The van der Waals surface area contributed by atoms with E-state index in [-0.39, 0.29) is 40.9 Å². The van der Waals surface area contributed by atoms with Crippen molar-refractivity contribution in [3.63, 3.8) is 0 Å². The Morgan fingerprint density at radius 2 is 2.09 bits per heavy atom. The fourth-order valence-electron chi connectivity index (χ4n) is 4.33. The third-order valence-corrected chi connectivity index (χ3v) is 7.49. The maximum Gasteiger partial charge on any atom is 0.318 e. The summed E-state index contributed by atoms with van der Waals surface area (Å²) in [5.41, 5.74) is 2.14. The molecule has 11 heteroatoms. The van der Waals surface area contributed by atoms with Gasteiger partial charge in [-0.1, -0.05) is 23.2 Å². The number of pyridine rings is 1. The average Bonchev–Trinajstić information content (AvgIpc) is 3.34. The molecule has 1 aliphatic rings. The van der Waals surface area contributed by atoms with Crippen molar-refractivity contribution in [3.8, 4) is 6.07 Å². The van der Waals surface area contributed by atoms with Crippen molar-refractivity contribution in [1.82, 2.24) is 25.4 Å². The first-order chi connectivity index (χ1) is 16.8. The molecule has 2 N–H and O–H groups in total. The van der Waals surface area contributed by atoms with E-state index in [0.717, 1.165) is 37.9 Å². The third-order valence-electron chi connectivity index (χ3n) is 6.29. The summed E-state index contributed by atoms with van der Waals surface area (Å²) < 4.78 is 0. The minimum Gasteiger partial charge on any atom is -0.352 e. The summed E-state index contributed by atoms with van der Waals surface area (Å²) in [6, 6.07) is 5.80. The van der Waals surface area contributed by atoms with E-state index in [1.54, 1.807) is 24.3 Å². The molecular weight excluding hydrogens is 507 g/mol. The Bertz CT molecular complexity index is 1030. The number of thiophene rings is 1. The number of hydrogen-bond donors (Lipinski definition) is 2. The van der Waals surface area contributed by atoms with Crippen molar-refractivity contribution < 1.29 is 9.59 Å². The highest BCUT2D eigenvalue weighted by molar-refractivity contribution is 7.07. The number of piperidine rings is 1. The van der Waals surface area contributed by atoms with Crippen LogP contribution in [0.4, 0.5) is 4.79 Å². The zero-order chi connectivity index (χ0) is 25.4. The number of halogens is 2. The second-order valence-electron chi connectivity index (χ2n) is 8.66. The Labute approximate surface area is 220 Å². The Hall–Kier alpha value is -2.38. The Morgan fingerprint density at radius 3 is 2.71 bits per heavy atom. The molecule has 2 aromatic rings. The second-order valence-corrected chi connectivity index (χ2v) is 10.2. The van der Waals surface area contributed by atoms with Gasteiger partial charge in [-0.05, 0) is 67.1 Å². The SMILES string of the molecule is Cc1cc(Cl)nc(Cl)c1C(=O)NCC[C@@H](C)N1CCC(N(Cc2ccsc2)C(=O)NCC#N)CC1. The van der Waals surface area contributed by atoms with Gasteiger partial charge < -0.3 is 20.4 Å². The maximum atomic E-state index is 12.7. The fraction of sp³-hybridized carbons (Fsp3) is 0.500. The summed E-state index contributed by atoms with van der Waals surface area (Å²) >= 11 is 13.6. The first kappa shape index (κ1) is 27.2. The molecule has 1 saturated heterocycles. The van der Waals surface area contributed by atoms with Crippen LogP contribution in [-0.4, -0.2) is 65.0 Å². The lowest BCUT2D eigenvalue weighted by molar-refractivity contribution is 0.0906. The molecule has 35 heavy (non-hydrogen) atoms. The lowest BCUT2D eigenvalue weighted by atomic mass is 10.0. The zero-order valence-electron chi connectivity index (χ0n) is 19.9. The first-order valence-electron chi connectivity index (χ1n) is 11.6. The predicted molar refractivity (Wildman–Crippen MR) is 139 cm³/mol. The number of hydrogen-bond acceptors (Lipinski definition) is 6. The van der Waals surface area contributed by atoms with Crippen molar-refractivity contribution in [2.24, 2.45) is 0 Å². The zero-order valence-corrected chi connectivity index (χ0v) is 22.2. The topological polar surface area (TPSA) is 101 Å². The molecule has 2 aromatic heterocycles. The summed E-state index contributed by atoms with van der Waals surface area (Å²) in [4.78, 5) is 33.5. The van der Waals surface area contributed by atoms with Crippen LogP contribution in [0.2, 0.25) is 10.3 Å². The van der Waals surface area contributed by atoms with Gasteiger partial charge in [0.2, 0.25) is 0 Å². The van der Waals surface area contributed by atoms with Gasteiger partial charge in [-0.2, -0.15) is 16.6 Å². The van der Waals surface area contributed by atoms with E-state index in [2.05, 4.69) is 27.4 Å². The van der Waals surface area contributed by atoms with Crippen molar-refractivity contribution >= 4 is 46.5 Å². The Morgan fingerprint density at radius 1 is 1.34 bits per heavy atom. The number of urea groups is 1. The number of carbonyl (C=O) groups excluding carboxylic acids is 2. The van der Waals surface area contributed by atoms with Crippen molar-refractivity contribution in [1.29, 1.82) is 5.26 Å². The molecule has 1 fully saturated rings. The van der Waals surface area contributed by atoms with Crippen molar-refractivity contribution in [2.75, 3.05) is 26.2 Å². The van der Waals surface area contributed by atoms with Crippen LogP contribution in [0.5, 0.6) is 0 Å². The second kappa shape index (κ2) is 13.1. The summed E-state index contributed by atoms with van der Waals surface area (Å²) in [6.07, 6.45) is 2.49. The van der Waals surface area contributed by atoms with E-state index in [9.17, 15) is 9.59 Å². The molecule has 3 amide bonds. The molecule has 3 rings (SSSR count). The molecule has 0 saturated carbocycles. The number of carbonyl (C=O) groups is 2. The number of likely N-dealkylation sites (tertiary alicyclic amines) is 1. The molecule has 0 aromatic carbocycles. The molecule has 1 atom stereocenters. The minimum absolute atomic E-state index is 0.00259. The predicted octanol–water partition coefficient (Wildman–Crippen LogP) is 4.47. The highest BCUT2D eigenvalue weighted by atomic mass is 35.5. The van der Waals surface area contributed by atoms with Gasteiger partial charge in [0.1, 0.15) is 16.9 Å². The van der Waals surface area contributed by atoms with E-state index >= 15 is 0 Å². The minimum atomic E-state index is -0.255. The van der Waals surface area contributed by atoms with Gasteiger partial charge in [-0.25, -0.2) is 9.78 Å². The summed E-state index contributed by atoms with van der Waals surface area (Å²) in [6.45, 7) is 6.70. The van der Waals surface area contributed by atoms with Crippen LogP contribution < -0.4 is 10.6 Å². The lowest BCUT2D eigenvalue weighted by Gasteiger charge is -2.40. The molecule has 0 unspecified atom stereocenters. The molecular formula is C24H30Cl2N6O2S. The van der Waals surface area contributed by atoms with Crippen LogP contribution in [-0.2, 0) is 6.54 Å².